The number of hydrogen-bond donors (Lipinski definition) is 3. The van der Waals surface area contributed by atoms with Gasteiger partial charge < -0.3 is 20.6 Å². The molecule has 0 aliphatic heterocycles. The number of rotatable bonds is 7. The Morgan fingerprint density at radius 2 is 2.00 bits per heavy atom. The van der Waals surface area contributed by atoms with Crippen LogP contribution in [0, 0.1) is 12.3 Å². The second kappa shape index (κ2) is 8.03. The monoisotopic (exact) mass is 307 g/mol. The van der Waals surface area contributed by atoms with E-state index in [4.69, 9.17) is 0 Å². The smallest absolute Gasteiger partial charge is 0.319 e. The highest BCUT2D eigenvalue weighted by atomic mass is 16.3. The van der Waals surface area contributed by atoms with E-state index in [1.54, 1.807) is 0 Å². The summed E-state index contributed by atoms with van der Waals surface area (Å²) < 4.78 is 0. The lowest BCUT2D eigenvalue weighted by Gasteiger charge is -2.21. The topological polar surface area (TPSA) is 64.6 Å². The molecule has 1 rings (SSSR count). The number of amides is 2. The molecular formula is C17H29N3O2. The lowest BCUT2D eigenvalue weighted by molar-refractivity contribution is 0.148. The number of aliphatic hydroxyl groups excluding tert-OH is 1. The third kappa shape index (κ3) is 5.93. The molecule has 3 N–H and O–H groups in total. The Morgan fingerprint density at radius 3 is 2.55 bits per heavy atom. The average Bonchev–Trinajstić information content (AvgIpc) is 2.45. The number of carbonyl (C=O) groups is 1. The van der Waals surface area contributed by atoms with Gasteiger partial charge >= 0.3 is 6.03 Å². The summed E-state index contributed by atoms with van der Waals surface area (Å²) in [5.74, 6) is 0. The predicted octanol–water partition coefficient (Wildman–Crippen LogP) is 2.98. The van der Waals surface area contributed by atoms with Crippen LogP contribution in [-0.4, -0.2) is 38.4 Å². The first-order chi connectivity index (χ1) is 10.2. The first-order valence-electron chi connectivity index (χ1n) is 7.69. The van der Waals surface area contributed by atoms with Gasteiger partial charge in [0.1, 0.15) is 0 Å². The van der Waals surface area contributed by atoms with E-state index < -0.39 is 0 Å². The molecule has 0 aliphatic carbocycles. The highest BCUT2D eigenvalue weighted by Crippen LogP contribution is 2.22. The summed E-state index contributed by atoms with van der Waals surface area (Å²) in [5, 5.41) is 14.9. The number of carbonyl (C=O) groups excluding carboxylic acids is 1. The molecular weight excluding hydrogens is 278 g/mol. The van der Waals surface area contributed by atoms with E-state index in [0.717, 1.165) is 29.8 Å². The molecule has 5 nitrogen and oxygen atoms in total. The highest BCUT2D eigenvalue weighted by Gasteiger charge is 2.15. The van der Waals surface area contributed by atoms with Crippen molar-refractivity contribution in [3.63, 3.8) is 0 Å². The van der Waals surface area contributed by atoms with Crippen molar-refractivity contribution in [2.24, 2.45) is 5.41 Å². The molecule has 2 amide bonds. The van der Waals surface area contributed by atoms with Gasteiger partial charge in [0.15, 0.2) is 0 Å². The Morgan fingerprint density at radius 1 is 1.32 bits per heavy atom. The zero-order chi connectivity index (χ0) is 16.8. The molecule has 0 radical (unpaired) electrons. The molecule has 0 aromatic heterocycles. The third-order valence-corrected chi connectivity index (χ3v) is 3.72. The Hall–Kier alpha value is -1.75. The molecule has 0 bridgehead atoms. The minimum atomic E-state index is -0.192. The molecule has 1 aromatic rings. The number of hydrogen-bond acceptors (Lipinski definition) is 3. The lowest BCUT2D eigenvalue weighted by atomic mass is 9.89. The minimum Gasteiger partial charge on any atom is -0.396 e. The Kier molecular flexibility index (Phi) is 6.68. The van der Waals surface area contributed by atoms with Crippen LogP contribution < -0.4 is 15.5 Å². The summed E-state index contributed by atoms with van der Waals surface area (Å²) in [4.78, 5) is 13.9. The summed E-state index contributed by atoms with van der Waals surface area (Å²) in [7, 11) is 3.98. The molecule has 22 heavy (non-hydrogen) atoms. The number of nitrogens with zero attached hydrogens (tertiary/aromatic N) is 1. The van der Waals surface area contributed by atoms with E-state index in [0.29, 0.717) is 6.54 Å². The number of urea groups is 1. The van der Waals surface area contributed by atoms with Crippen LogP contribution in [0.25, 0.3) is 0 Å². The van der Waals surface area contributed by atoms with Crippen LogP contribution >= 0.6 is 0 Å². The molecule has 0 heterocycles. The largest absolute Gasteiger partial charge is 0.396 e. The fourth-order valence-corrected chi connectivity index (χ4v) is 2.08. The van der Waals surface area contributed by atoms with Crippen LogP contribution in [0.15, 0.2) is 18.2 Å². The van der Waals surface area contributed by atoms with Crippen molar-refractivity contribution < 1.29 is 9.90 Å². The zero-order valence-corrected chi connectivity index (χ0v) is 14.4. The van der Waals surface area contributed by atoms with Crippen molar-refractivity contribution in [3.8, 4) is 0 Å². The molecule has 1 aromatic carbocycles. The predicted molar refractivity (Wildman–Crippen MR) is 92.6 cm³/mol. The van der Waals surface area contributed by atoms with Crippen molar-refractivity contribution in [1.82, 2.24) is 5.32 Å². The SMILES string of the molecule is Cc1cc(N(C)C)ccc1NC(=O)NCCCC(C)(C)CO. The second-order valence-electron chi connectivity index (χ2n) is 6.70. The Balaban J connectivity index is 2.42. The van der Waals surface area contributed by atoms with Crippen molar-refractivity contribution in [3.05, 3.63) is 23.8 Å². The molecule has 5 heteroatoms. The van der Waals surface area contributed by atoms with Gasteiger partial charge in [-0.2, -0.15) is 0 Å². The average molecular weight is 307 g/mol. The number of anilines is 2. The Bertz CT molecular complexity index is 499. The lowest BCUT2D eigenvalue weighted by Crippen LogP contribution is -2.30. The molecule has 0 spiro atoms. The van der Waals surface area contributed by atoms with Gasteiger partial charge in [-0.25, -0.2) is 4.79 Å². The van der Waals surface area contributed by atoms with Crippen LogP contribution in [0.5, 0.6) is 0 Å². The van der Waals surface area contributed by atoms with E-state index in [2.05, 4.69) is 10.6 Å². The van der Waals surface area contributed by atoms with Gasteiger partial charge in [0.25, 0.3) is 0 Å². The summed E-state index contributed by atoms with van der Waals surface area (Å²) in [6.45, 7) is 6.78. The highest BCUT2D eigenvalue weighted by molar-refractivity contribution is 5.90. The Labute approximate surface area is 133 Å². The molecule has 0 fully saturated rings. The van der Waals surface area contributed by atoms with Gasteiger partial charge in [-0.1, -0.05) is 13.8 Å². The number of aliphatic hydroxyl groups is 1. The maximum Gasteiger partial charge on any atom is 0.319 e. The third-order valence-electron chi connectivity index (χ3n) is 3.72. The van der Waals surface area contributed by atoms with E-state index in [1.165, 1.54) is 0 Å². The minimum absolute atomic E-state index is 0.0866. The maximum atomic E-state index is 11.9. The van der Waals surface area contributed by atoms with E-state index in [9.17, 15) is 9.90 Å². The molecule has 0 saturated heterocycles. The first kappa shape index (κ1) is 18.3. The van der Waals surface area contributed by atoms with E-state index in [1.807, 2.05) is 58.0 Å². The van der Waals surface area contributed by atoms with Crippen molar-refractivity contribution in [2.45, 2.75) is 33.6 Å². The zero-order valence-electron chi connectivity index (χ0n) is 14.4. The van der Waals surface area contributed by atoms with E-state index in [-0.39, 0.29) is 18.1 Å². The summed E-state index contributed by atoms with van der Waals surface area (Å²) in [6.07, 6.45) is 1.72. The first-order valence-corrected chi connectivity index (χ1v) is 7.69. The van der Waals surface area contributed by atoms with Gasteiger partial charge in [-0.3, -0.25) is 0 Å². The van der Waals surface area contributed by atoms with Gasteiger partial charge in [0.05, 0.1) is 0 Å². The number of aryl methyl sites for hydroxylation is 1. The van der Waals surface area contributed by atoms with Crippen LogP contribution in [0.4, 0.5) is 16.2 Å². The van der Waals surface area contributed by atoms with Gasteiger partial charge in [-0.15, -0.1) is 0 Å². The second-order valence-corrected chi connectivity index (χ2v) is 6.70. The molecule has 0 aliphatic rings. The summed E-state index contributed by atoms with van der Waals surface area (Å²) >= 11 is 0. The van der Waals surface area contributed by atoms with Crippen LogP contribution in [0.2, 0.25) is 0 Å². The maximum absolute atomic E-state index is 11.9. The van der Waals surface area contributed by atoms with Crippen molar-refractivity contribution in [1.29, 1.82) is 0 Å². The molecule has 124 valence electrons. The van der Waals surface area contributed by atoms with Gasteiger partial charge in [0, 0.05) is 38.6 Å². The number of nitrogens with one attached hydrogen (secondary N) is 2. The van der Waals surface area contributed by atoms with Crippen LogP contribution in [0.1, 0.15) is 32.3 Å². The van der Waals surface area contributed by atoms with Crippen LogP contribution in [0.3, 0.4) is 0 Å². The van der Waals surface area contributed by atoms with Crippen molar-refractivity contribution in [2.75, 3.05) is 37.5 Å². The fourth-order valence-electron chi connectivity index (χ4n) is 2.08. The van der Waals surface area contributed by atoms with Crippen LogP contribution in [-0.2, 0) is 0 Å². The standard InChI is InChI=1S/C17H29N3O2/c1-13-11-14(20(4)5)7-8-15(13)19-16(22)18-10-6-9-17(2,3)12-21/h7-8,11,21H,6,9-10,12H2,1-5H3,(H2,18,19,22). The molecule has 0 unspecified atom stereocenters. The van der Waals surface area contributed by atoms with Gasteiger partial charge in [0.2, 0.25) is 0 Å². The van der Waals surface area contributed by atoms with Crippen molar-refractivity contribution >= 4 is 17.4 Å². The number of benzene rings is 1. The quantitative estimate of drug-likeness (QED) is 0.679. The van der Waals surface area contributed by atoms with Gasteiger partial charge in [-0.05, 0) is 48.9 Å². The summed E-state index contributed by atoms with van der Waals surface area (Å²) in [6, 6.07) is 5.74. The summed E-state index contributed by atoms with van der Waals surface area (Å²) in [5.41, 5.74) is 2.87. The normalized spacial score (nSPS) is 11.2. The fraction of sp³-hybridized carbons (Fsp3) is 0.588. The molecule has 0 atom stereocenters. The van der Waals surface area contributed by atoms with E-state index >= 15 is 0 Å². The molecule has 0 saturated carbocycles.